The summed E-state index contributed by atoms with van der Waals surface area (Å²) >= 11 is 5.88. The van der Waals surface area contributed by atoms with Gasteiger partial charge < -0.3 is 9.47 Å². The third-order valence-electron chi connectivity index (χ3n) is 3.66. The molecule has 0 N–H and O–H groups in total. The van der Waals surface area contributed by atoms with Gasteiger partial charge in [-0.2, -0.15) is 0 Å². The van der Waals surface area contributed by atoms with E-state index in [-0.39, 0.29) is 24.1 Å². The molecular weight excluding hydrogens is 281 g/mol. The van der Waals surface area contributed by atoms with Gasteiger partial charge in [0, 0.05) is 13.1 Å². The number of benzene rings is 1. The highest BCUT2D eigenvalue weighted by atomic mass is 35.5. The molecule has 1 aromatic heterocycles. The summed E-state index contributed by atoms with van der Waals surface area (Å²) in [5.41, 5.74) is 1.28. The zero-order valence-corrected chi connectivity index (χ0v) is 11.7. The number of likely N-dealkylation sites (tertiary alicyclic amines) is 1. The highest BCUT2D eigenvalue weighted by Crippen LogP contribution is 2.20. The maximum Gasteiger partial charge on any atom is 0.242 e. The van der Waals surface area contributed by atoms with Crippen molar-refractivity contribution in [2.24, 2.45) is 0 Å². The highest BCUT2D eigenvalue weighted by molar-refractivity contribution is 6.16. The van der Waals surface area contributed by atoms with Crippen molar-refractivity contribution in [3.8, 4) is 0 Å². The summed E-state index contributed by atoms with van der Waals surface area (Å²) in [4.78, 5) is 18.4. The number of nitrogens with zero attached hydrogens (tertiary/aromatic N) is 3. The number of alkyl halides is 1. The van der Waals surface area contributed by atoms with Crippen LogP contribution in [0.25, 0.3) is 11.0 Å². The van der Waals surface area contributed by atoms with Gasteiger partial charge in [0.1, 0.15) is 18.2 Å². The van der Waals surface area contributed by atoms with Crippen molar-refractivity contribution in [1.29, 1.82) is 0 Å². The molecule has 0 atom stereocenters. The minimum absolute atomic E-state index is 0.0393. The Morgan fingerprint density at radius 3 is 2.80 bits per heavy atom. The Balaban J connectivity index is 1.96. The van der Waals surface area contributed by atoms with E-state index >= 15 is 0 Å². The number of rotatable bonds is 3. The molecule has 20 heavy (non-hydrogen) atoms. The molecule has 0 spiro atoms. The smallest absolute Gasteiger partial charge is 0.242 e. The molecule has 1 saturated heterocycles. The first kappa shape index (κ1) is 13.4. The van der Waals surface area contributed by atoms with Crippen LogP contribution in [0.15, 0.2) is 18.2 Å². The molecule has 0 saturated carbocycles. The summed E-state index contributed by atoms with van der Waals surface area (Å²) in [5, 5.41) is 0. The highest BCUT2D eigenvalue weighted by Gasteiger charge is 2.20. The van der Waals surface area contributed by atoms with E-state index in [0.717, 1.165) is 25.9 Å². The minimum Gasteiger partial charge on any atom is -0.341 e. The molecule has 106 valence electrons. The van der Waals surface area contributed by atoms with E-state index < -0.39 is 0 Å². The molecule has 1 aliphatic heterocycles. The first-order valence-electron chi connectivity index (χ1n) is 6.67. The van der Waals surface area contributed by atoms with Gasteiger partial charge in [0.2, 0.25) is 5.91 Å². The number of carbonyl (C=O) groups excluding carboxylic acids is 1. The lowest BCUT2D eigenvalue weighted by atomic mass is 10.3. The number of hydrogen-bond donors (Lipinski definition) is 0. The normalized spacial score (nSPS) is 15.2. The second kappa shape index (κ2) is 5.40. The number of halogens is 2. The molecule has 2 heterocycles. The largest absolute Gasteiger partial charge is 0.341 e. The van der Waals surface area contributed by atoms with E-state index in [0.29, 0.717) is 16.9 Å². The van der Waals surface area contributed by atoms with Crippen LogP contribution >= 0.6 is 11.6 Å². The quantitative estimate of drug-likeness (QED) is 0.816. The number of aromatic nitrogens is 2. The second-order valence-electron chi connectivity index (χ2n) is 4.97. The third-order valence-corrected chi connectivity index (χ3v) is 3.90. The van der Waals surface area contributed by atoms with Crippen LogP contribution in [-0.2, 0) is 17.2 Å². The minimum atomic E-state index is -0.339. The summed E-state index contributed by atoms with van der Waals surface area (Å²) in [6, 6.07) is 4.37. The molecule has 0 bridgehead atoms. The van der Waals surface area contributed by atoms with Crippen molar-refractivity contribution < 1.29 is 9.18 Å². The van der Waals surface area contributed by atoms with E-state index in [1.54, 1.807) is 10.6 Å². The fourth-order valence-electron chi connectivity index (χ4n) is 2.63. The van der Waals surface area contributed by atoms with E-state index in [1.807, 2.05) is 4.90 Å². The molecule has 4 nitrogen and oxygen atoms in total. The van der Waals surface area contributed by atoms with Gasteiger partial charge in [-0.05, 0) is 31.0 Å². The molecule has 2 aromatic rings. The predicted molar refractivity (Wildman–Crippen MR) is 75.1 cm³/mol. The number of carbonyl (C=O) groups is 1. The van der Waals surface area contributed by atoms with Crippen LogP contribution in [0, 0.1) is 5.82 Å². The Morgan fingerprint density at radius 2 is 2.10 bits per heavy atom. The van der Waals surface area contributed by atoms with Gasteiger partial charge in [-0.25, -0.2) is 9.37 Å². The van der Waals surface area contributed by atoms with E-state index in [1.165, 1.54) is 12.1 Å². The standard InChI is InChI=1S/C14H15ClFN3O/c15-8-13-17-11-4-3-10(16)7-12(11)19(13)9-14(20)18-5-1-2-6-18/h3-4,7H,1-2,5-6,8-9H2. The Morgan fingerprint density at radius 1 is 1.35 bits per heavy atom. The lowest BCUT2D eigenvalue weighted by Crippen LogP contribution is -2.31. The summed E-state index contributed by atoms with van der Waals surface area (Å²) in [6.07, 6.45) is 2.10. The average Bonchev–Trinajstić information content (AvgIpc) is 3.07. The van der Waals surface area contributed by atoms with Crippen LogP contribution in [0.3, 0.4) is 0 Å². The molecule has 3 rings (SSSR count). The van der Waals surface area contributed by atoms with Crippen molar-refractivity contribution in [2.75, 3.05) is 13.1 Å². The lowest BCUT2D eigenvalue weighted by molar-refractivity contribution is -0.130. The maximum absolute atomic E-state index is 13.4. The summed E-state index contributed by atoms with van der Waals surface area (Å²) in [5.74, 6) is 0.495. The van der Waals surface area contributed by atoms with Gasteiger partial charge in [0.15, 0.2) is 0 Å². The number of fused-ring (bicyclic) bond motifs is 1. The molecule has 0 aliphatic carbocycles. The van der Waals surface area contributed by atoms with E-state index in [9.17, 15) is 9.18 Å². The monoisotopic (exact) mass is 295 g/mol. The fourth-order valence-corrected chi connectivity index (χ4v) is 2.83. The van der Waals surface area contributed by atoms with Crippen LogP contribution in [-0.4, -0.2) is 33.4 Å². The second-order valence-corrected chi connectivity index (χ2v) is 5.24. The predicted octanol–water partition coefficient (Wildman–Crippen LogP) is 2.54. The summed E-state index contributed by atoms with van der Waals surface area (Å²) in [6.45, 7) is 1.77. The van der Waals surface area contributed by atoms with Crippen LogP contribution in [0.2, 0.25) is 0 Å². The van der Waals surface area contributed by atoms with Crippen LogP contribution in [0.4, 0.5) is 4.39 Å². The Hall–Kier alpha value is -1.62. The van der Waals surface area contributed by atoms with Gasteiger partial charge >= 0.3 is 0 Å². The zero-order chi connectivity index (χ0) is 14.1. The van der Waals surface area contributed by atoms with Gasteiger partial charge in [0.05, 0.1) is 16.9 Å². The van der Waals surface area contributed by atoms with Crippen molar-refractivity contribution >= 4 is 28.5 Å². The lowest BCUT2D eigenvalue weighted by Gasteiger charge is -2.16. The first-order valence-corrected chi connectivity index (χ1v) is 7.21. The molecular formula is C14H15ClFN3O. The Kier molecular flexibility index (Phi) is 3.61. The van der Waals surface area contributed by atoms with Crippen molar-refractivity contribution in [2.45, 2.75) is 25.3 Å². The zero-order valence-electron chi connectivity index (χ0n) is 11.0. The van der Waals surface area contributed by atoms with Crippen molar-refractivity contribution in [1.82, 2.24) is 14.5 Å². The summed E-state index contributed by atoms with van der Waals surface area (Å²) < 4.78 is 15.1. The van der Waals surface area contributed by atoms with Gasteiger partial charge in [0.25, 0.3) is 0 Å². The first-order chi connectivity index (χ1) is 9.69. The van der Waals surface area contributed by atoms with E-state index in [2.05, 4.69) is 4.98 Å². The van der Waals surface area contributed by atoms with E-state index in [4.69, 9.17) is 11.6 Å². The number of imidazole rings is 1. The molecule has 1 amide bonds. The number of amides is 1. The molecule has 1 aromatic carbocycles. The maximum atomic E-state index is 13.4. The molecule has 1 fully saturated rings. The SMILES string of the molecule is O=C(Cn1c(CCl)nc2ccc(F)cc21)N1CCCC1. The topological polar surface area (TPSA) is 38.1 Å². The van der Waals surface area contributed by atoms with Crippen molar-refractivity contribution in [3.63, 3.8) is 0 Å². The van der Waals surface area contributed by atoms with Crippen LogP contribution in [0.5, 0.6) is 0 Å². The van der Waals surface area contributed by atoms with Crippen LogP contribution in [0.1, 0.15) is 18.7 Å². The molecule has 6 heteroatoms. The van der Waals surface area contributed by atoms with Gasteiger partial charge in [-0.1, -0.05) is 0 Å². The molecule has 1 aliphatic rings. The van der Waals surface area contributed by atoms with Crippen LogP contribution < -0.4 is 0 Å². The van der Waals surface area contributed by atoms with Gasteiger partial charge in [-0.3, -0.25) is 4.79 Å². The fraction of sp³-hybridized carbons (Fsp3) is 0.429. The average molecular weight is 296 g/mol. The molecule has 0 unspecified atom stereocenters. The summed E-state index contributed by atoms with van der Waals surface area (Å²) in [7, 11) is 0. The number of hydrogen-bond acceptors (Lipinski definition) is 2. The van der Waals surface area contributed by atoms with Crippen molar-refractivity contribution in [3.05, 3.63) is 29.8 Å². The molecule has 0 radical (unpaired) electrons. The Labute approximate surface area is 121 Å². The third kappa shape index (κ3) is 2.38. The Bertz CT molecular complexity index is 649. The van der Waals surface area contributed by atoms with Gasteiger partial charge in [-0.15, -0.1) is 11.6 Å².